The van der Waals surface area contributed by atoms with Gasteiger partial charge in [-0.05, 0) is 64.2 Å². The Morgan fingerprint density at radius 1 is 0.523 bits per heavy atom. The molecule has 4 nitrogen and oxygen atoms in total. The Morgan fingerprint density at radius 3 is 1.41 bits per heavy atom. The molecule has 44 heavy (non-hydrogen) atoms. The molecule has 0 aliphatic rings. The van der Waals surface area contributed by atoms with E-state index in [4.69, 9.17) is 0 Å². The van der Waals surface area contributed by atoms with Gasteiger partial charge in [0, 0.05) is 6.42 Å². The maximum absolute atomic E-state index is 12.3. The number of aliphatic hydroxyl groups excluding tert-OH is 2. The zero-order valence-corrected chi connectivity index (χ0v) is 29.2. The number of amides is 1. The highest BCUT2D eigenvalue weighted by Gasteiger charge is 2.17. The predicted molar refractivity (Wildman–Crippen MR) is 193 cm³/mol. The van der Waals surface area contributed by atoms with Crippen LogP contribution in [0, 0.1) is 0 Å². The number of aliphatic hydroxyl groups is 2. The quantitative estimate of drug-likeness (QED) is 0.0508. The minimum atomic E-state index is -0.869. The van der Waals surface area contributed by atoms with Crippen LogP contribution in [0.1, 0.15) is 181 Å². The zero-order chi connectivity index (χ0) is 32.2. The molecule has 0 saturated heterocycles. The van der Waals surface area contributed by atoms with Crippen molar-refractivity contribution >= 4 is 5.91 Å². The van der Waals surface area contributed by atoms with Gasteiger partial charge >= 0.3 is 0 Å². The molecule has 256 valence electrons. The maximum Gasteiger partial charge on any atom is 0.220 e. The van der Waals surface area contributed by atoms with E-state index >= 15 is 0 Å². The van der Waals surface area contributed by atoms with Gasteiger partial charge in [0.15, 0.2) is 0 Å². The number of carbonyl (C=O) groups excluding carboxylic acids is 1. The Labute approximate surface area is 274 Å². The van der Waals surface area contributed by atoms with Gasteiger partial charge in [-0.3, -0.25) is 4.79 Å². The predicted octanol–water partition coefficient (Wildman–Crippen LogP) is 11.2. The van der Waals surface area contributed by atoms with Gasteiger partial charge in [0.05, 0.1) is 18.8 Å². The number of rotatable bonds is 33. The number of hydrogen-bond acceptors (Lipinski definition) is 3. The van der Waals surface area contributed by atoms with E-state index in [1.165, 1.54) is 116 Å². The Kier molecular flexibility index (Phi) is 34.5. The molecule has 0 radical (unpaired) electrons. The van der Waals surface area contributed by atoms with Crippen LogP contribution in [0.15, 0.2) is 48.6 Å². The molecule has 0 rings (SSSR count). The molecule has 0 heterocycles. The topological polar surface area (TPSA) is 69.6 Å². The van der Waals surface area contributed by atoms with Gasteiger partial charge in [-0.2, -0.15) is 0 Å². The van der Waals surface area contributed by atoms with Gasteiger partial charge in [-0.15, -0.1) is 0 Å². The van der Waals surface area contributed by atoms with Crippen LogP contribution in [0.25, 0.3) is 0 Å². The molecule has 0 bridgehead atoms. The molecule has 0 aromatic heterocycles. The largest absolute Gasteiger partial charge is 0.394 e. The minimum Gasteiger partial charge on any atom is -0.394 e. The van der Waals surface area contributed by atoms with Gasteiger partial charge in [0.2, 0.25) is 5.91 Å². The molecular formula is C40H73NO3. The first kappa shape index (κ1) is 42.3. The summed E-state index contributed by atoms with van der Waals surface area (Å²) >= 11 is 0. The monoisotopic (exact) mass is 616 g/mol. The second kappa shape index (κ2) is 35.8. The van der Waals surface area contributed by atoms with Crippen LogP contribution in [-0.2, 0) is 4.79 Å². The second-order valence-electron chi connectivity index (χ2n) is 12.6. The van der Waals surface area contributed by atoms with Crippen LogP contribution in [0.4, 0.5) is 0 Å². The van der Waals surface area contributed by atoms with Crippen molar-refractivity contribution in [2.75, 3.05) is 6.61 Å². The van der Waals surface area contributed by atoms with E-state index in [1.54, 1.807) is 6.08 Å². The lowest BCUT2D eigenvalue weighted by Crippen LogP contribution is -2.45. The van der Waals surface area contributed by atoms with E-state index in [1.807, 2.05) is 6.08 Å². The van der Waals surface area contributed by atoms with E-state index in [-0.39, 0.29) is 12.5 Å². The first-order chi connectivity index (χ1) is 21.7. The zero-order valence-electron chi connectivity index (χ0n) is 29.2. The lowest BCUT2D eigenvalue weighted by atomic mass is 10.1. The van der Waals surface area contributed by atoms with Crippen molar-refractivity contribution in [2.24, 2.45) is 0 Å². The molecule has 0 saturated carbocycles. The van der Waals surface area contributed by atoms with Crippen LogP contribution in [0.3, 0.4) is 0 Å². The van der Waals surface area contributed by atoms with Crippen LogP contribution in [0.2, 0.25) is 0 Å². The normalized spacial score (nSPS) is 13.6. The fourth-order valence-corrected chi connectivity index (χ4v) is 5.33. The number of allylic oxidation sites excluding steroid dienone is 7. The fraction of sp³-hybridized carbons (Fsp3) is 0.775. The highest BCUT2D eigenvalue weighted by molar-refractivity contribution is 5.76. The first-order valence-electron chi connectivity index (χ1n) is 18.9. The van der Waals surface area contributed by atoms with Crippen LogP contribution < -0.4 is 5.32 Å². The maximum atomic E-state index is 12.3. The van der Waals surface area contributed by atoms with Crippen molar-refractivity contribution in [3.8, 4) is 0 Å². The van der Waals surface area contributed by atoms with Gasteiger partial charge in [0.1, 0.15) is 0 Å². The molecule has 0 aliphatic carbocycles. The van der Waals surface area contributed by atoms with Crippen LogP contribution >= 0.6 is 0 Å². The molecule has 2 unspecified atom stereocenters. The molecule has 1 amide bonds. The van der Waals surface area contributed by atoms with E-state index < -0.39 is 12.1 Å². The fourth-order valence-electron chi connectivity index (χ4n) is 5.33. The molecule has 3 N–H and O–H groups in total. The lowest BCUT2D eigenvalue weighted by Gasteiger charge is -2.19. The van der Waals surface area contributed by atoms with Crippen molar-refractivity contribution in [3.63, 3.8) is 0 Å². The molecule has 0 spiro atoms. The molecule has 2 atom stereocenters. The summed E-state index contributed by atoms with van der Waals surface area (Å²) in [6.45, 7) is 4.20. The molecule has 0 aromatic carbocycles. The van der Waals surface area contributed by atoms with E-state index in [0.29, 0.717) is 6.42 Å². The summed E-state index contributed by atoms with van der Waals surface area (Å²) in [6.07, 6.45) is 47.8. The summed E-state index contributed by atoms with van der Waals surface area (Å²) in [5.41, 5.74) is 0. The number of carbonyl (C=O) groups is 1. The van der Waals surface area contributed by atoms with Crippen LogP contribution in [-0.4, -0.2) is 34.9 Å². The summed E-state index contributed by atoms with van der Waals surface area (Å²) in [5, 5.41) is 22.8. The van der Waals surface area contributed by atoms with Gasteiger partial charge in [0.25, 0.3) is 0 Å². The summed E-state index contributed by atoms with van der Waals surface area (Å²) in [5.74, 6) is -0.0861. The number of nitrogens with one attached hydrogen (secondary N) is 1. The van der Waals surface area contributed by atoms with Crippen molar-refractivity contribution in [1.29, 1.82) is 0 Å². The first-order valence-corrected chi connectivity index (χ1v) is 18.9. The average Bonchev–Trinajstić information content (AvgIpc) is 3.03. The number of unbranched alkanes of at least 4 members (excludes halogenated alkanes) is 20. The molecule has 0 aromatic rings. The molecule has 0 fully saturated rings. The molecule has 4 heteroatoms. The van der Waals surface area contributed by atoms with Gasteiger partial charge < -0.3 is 15.5 Å². The highest BCUT2D eigenvalue weighted by atomic mass is 16.3. The lowest BCUT2D eigenvalue weighted by molar-refractivity contribution is -0.123. The summed E-state index contributed by atoms with van der Waals surface area (Å²) in [6, 6.07) is -0.645. The Hall–Kier alpha value is -1.65. The Bertz CT molecular complexity index is 711. The average molecular weight is 616 g/mol. The van der Waals surface area contributed by atoms with Crippen molar-refractivity contribution in [2.45, 2.75) is 193 Å². The minimum absolute atomic E-state index is 0.0861. The SMILES string of the molecule is CCC/C=C/CC/C=C/CC/C=C/C(O)C(CO)NC(=O)CCCCCCCCC/C=C\CCCCCCCCCCCC. The van der Waals surface area contributed by atoms with E-state index in [9.17, 15) is 15.0 Å². The summed E-state index contributed by atoms with van der Waals surface area (Å²) in [7, 11) is 0. The summed E-state index contributed by atoms with van der Waals surface area (Å²) in [4.78, 5) is 12.3. The standard InChI is InChI=1S/C40H73NO3/c1-3-5-7-9-11-13-15-16-17-18-19-20-21-22-23-24-26-28-30-32-34-36-40(44)41-38(37-42)39(43)35-33-31-29-27-25-14-12-10-8-6-4-2/h8,10,20-21,25,27,33,35,38-39,42-43H,3-7,9,11-19,22-24,26,28-32,34,36-37H2,1-2H3,(H,41,44)/b10-8+,21-20-,27-25+,35-33+. The smallest absolute Gasteiger partial charge is 0.220 e. The van der Waals surface area contributed by atoms with E-state index in [2.05, 4.69) is 55.6 Å². The Balaban J connectivity index is 3.62. The number of hydrogen-bond donors (Lipinski definition) is 3. The van der Waals surface area contributed by atoms with Crippen molar-refractivity contribution in [1.82, 2.24) is 5.32 Å². The summed E-state index contributed by atoms with van der Waals surface area (Å²) < 4.78 is 0. The molecular weight excluding hydrogens is 542 g/mol. The third-order valence-electron chi connectivity index (χ3n) is 8.24. The third kappa shape index (κ3) is 31.8. The molecule has 0 aliphatic heterocycles. The van der Waals surface area contributed by atoms with Gasteiger partial charge in [-0.1, -0.05) is 159 Å². The van der Waals surface area contributed by atoms with Crippen molar-refractivity contribution < 1.29 is 15.0 Å². The third-order valence-corrected chi connectivity index (χ3v) is 8.24. The van der Waals surface area contributed by atoms with Crippen LogP contribution in [0.5, 0.6) is 0 Å². The van der Waals surface area contributed by atoms with Crippen molar-refractivity contribution in [3.05, 3.63) is 48.6 Å². The highest BCUT2D eigenvalue weighted by Crippen LogP contribution is 2.13. The second-order valence-corrected chi connectivity index (χ2v) is 12.6. The van der Waals surface area contributed by atoms with Gasteiger partial charge in [-0.25, -0.2) is 0 Å². The Morgan fingerprint density at radius 2 is 0.932 bits per heavy atom. The van der Waals surface area contributed by atoms with E-state index in [0.717, 1.165) is 44.9 Å².